The van der Waals surface area contributed by atoms with E-state index in [1.807, 2.05) is 54.6 Å². The average molecular weight is 484 g/mol. The molecule has 1 aliphatic heterocycles. The van der Waals surface area contributed by atoms with E-state index in [0.717, 1.165) is 17.1 Å². The molecule has 1 fully saturated rings. The lowest BCUT2D eigenvalue weighted by molar-refractivity contribution is -0.132. The fourth-order valence-electron chi connectivity index (χ4n) is 4.12. The molecule has 10 nitrogen and oxygen atoms in total. The van der Waals surface area contributed by atoms with Gasteiger partial charge in [0.1, 0.15) is 18.0 Å². The van der Waals surface area contributed by atoms with Crippen LogP contribution in [-0.4, -0.2) is 69.1 Å². The van der Waals surface area contributed by atoms with E-state index in [1.54, 1.807) is 24.3 Å². The van der Waals surface area contributed by atoms with Gasteiger partial charge >= 0.3 is 0 Å². The molecule has 182 valence electrons. The van der Waals surface area contributed by atoms with E-state index in [1.165, 1.54) is 10.7 Å². The predicted molar refractivity (Wildman–Crippen MR) is 135 cm³/mol. The van der Waals surface area contributed by atoms with Crippen molar-refractivity contribution in [1.29, 1.82) is 0 Å². The maximum atomic E-state index is 13.0. The fourth-order valence-corrected chi connectivity index (χ4v) is 4.12. The Morgan fingerprint density at radius 3 is 2.36 bits per heavy atom. The quantitative estimate of drug-likeness (QED) is 0.411. The molecule has 0 aliphatic carbocycles. The van der Waals surface area contributed by atoms with Gasteiger partial charge in [-0.3, -0.25) is 14.6 Å². The number of amides is 1. The van der Waals surface area contributed by atoms with E-state index in [4.69, 9.17) is 4.74 Å². The maximum absolute atomic E-state index is 13.0. The number of anilines is 1. The molecule has 4 heterocycles. The molecule has 5 rings (SSSR count). The number of hydrogen-bond acceptors (Lipinski definition) is 8. The van der Waals surface area contributed by atoms with E-state index in [2.05, 4.69) is 25.2 Å². The summed E-state index contributed by atoms with van der Waals surface area (Å²) in [5.41, 5.74) is 2.47. The smallest absolute Gasteiger partial charge is 0.267 e. The van der Waals surface area contributed by atoms with E-state index in [-0.39, 0.29) is 18.0 Å². The van der Waals surface area contributed by atoms with Crippen LogP contribution in [0.1, 0.15) is 0 Å². The molecule has 1 aliphatic rings. The van der Waals surface area contributed by atoms with Gasteiger partial charge in [-0.25, -0.2) is 4.68 Å². The van der Waals surface area contributed by atoms with Crippen LogP contribution >= 0.6 is 0 Å². The average Bonchev–Trinajstić information content (AvgIpc) is 2.95. The largest absolute Gasteiger partial charge is 0.496 e. The van der Waals surface area contributed by atoms with Crippen LogP contribution in [-0.2, 0) is 11.3 Å². The van der Waals surface area contributed by atoms with Gasteiger partial charge in [0, 0.05) is 44.0 Å². The summed E-state index contributed by atoms with van der Waals surface area (Å²) in [4.78, 5) is 33.5. The molecule has 0 unspecified atom stereocenters. The SMILES string of the molecule is COc1ccccc1-c1ccc(=O)n(CC(=O)N2CCN(c3ccc(-c4ccccn4)nn3)CC2)n1. The highest BCUT2D eigenvalue weighted by Crippen LogP contribution is 2.27. The van der Waals surface area contributed by atoms with Crippen molar-refractivity contribution < 1.29 is 9.53 Å². The molecule has 3 aromatic heterocycles. The third-order valence-corrected chi connectivity index (χ3v) is 6.07. The third kappa shape index (κ3) is 4.92. The number of piperazine rings is 1. The van der Waals surface area contributed by atoms with E-state index in [9.17, 15) is 9.59 Å². The van der Waals surface area contributed by atoms with Gasteiger partial charge in [-0.2, -0.15) is 5.10 Å². The van der Waals surface area contributed by atoms with Crippen molar-refractivity contribution in [3.8, 4) is 28.4 Å². The Balaban J connectivity index is 1.22. The van der Waals surface area contributed by atoms with Crippen LogP contribution in [0.5, 0.6) is 5.75 Å². The molecular formula is C26H25N7O3. The Morgan fingerprint density at radius 2 is 1.64 bits per heavy atom. The fraction of sp³-hybridized carbons (Fsp3) is 0.231. The monoisotopic (exact) mass is 483 g/mol. The second kappa shape index (κ2) is 10.3. The highest BCUT2D eigenvalue weighted by atomic mass is 16.5. The molecule has 0 radical (unpaired) electrons. The van der Waals surface area contributed by atoms with E-state index in [0.29, 0.717) is 43.3 Å². The third-order valence-electron chi connectivity index (χ3n) is 6.07. The molecule has 10 heteroatoms. The van der Waals surface area contributed by atoms with Crippen molar-refractivity contribution in [2.24, 2.45) is 0 Å². The van der Waals surface area contributed by atoms with Gasteiger partial charge < -0.3 is 14.5 Å². The Bertz CT molecular complexity index is 1400. The molecule has 0 saturated carbocycles. The Kier molecular flexibility index (Phi) is 6.65. The number of aromatic nitrogens is 5. The number of rotatable bonds is 6. The number of hydrogen-bond donors (Lipinski definition) is 0. The number of ether oxygens (including phenoxy) is 1. The minimum absolute atomic E-state index is 0.125. The lowest BCUT2D eigenvalue weighted by Gasteiger charge is -2.35. The van der Waals surface area contributed by atoms with Crippen LogP contribution in [0.2, 0.25) is 0 Å². The number of nitrogens with zero attached hydrogens (tertiary/aromatic N) is 7. The predicted octanol–water partition coefficient (Wildman–Crippen LogP) is 2.12. The number of para-hydroxylation sites is 1. The van der Waals surface area contributed by atoms with E-state index >= 15 is 0 Å². The van der Waals surface area contributed by atoms with Gasteiger partial charge in [0.2, 0.25) is 5.91 Å². The second-order valence-electron chi connectivity index (χ2n) is 8.27. The molecule has 36 heavy (non-hydrogen) atoms. The lowest BCUT2D eigenvalue weighted by Crippen LogP contribution is -2.50. The first-order chi connectivity index (χ1) is 17.6. The van der Waals surface area contributed by atoms with Crippen LogP contribution in [0.25, 0.3) is 22.6 Å². The summed E-state index contributed by atoms with van der Waals surface area (Å²) in [6.45, 7) is 2.15. The Morgan fingerprint density at radius 1 is 0.861 bits per heavy atom. The first-order valence-electron chi connectivity index (χ1n) is 11.6. The maximum Gasteiger partial charge on any atom is 0.267 e. The number of methoxy groups -OCH3 is 1. The molecule has 0 spiro atoms. The van der Waals surface area contributed by atoms with Crippen LogP contribution in [0.15, 0.2) is 77.7 Å². The van der Waals surface area contributed by atoms with Crippen molar-refractivity contribution in [2.75, 3.05) is 38.2 Å². The van der Waals surface area contributed by atoms with Crippen LogP contribution in [0.3, 0.4) is 0 Å². The van der Waals surface area contributed by atoms with Gasteiger partial charge in [-0.05, 0) is 42.5 Å². The first kappa shape index (κ1) is 23.2. The summed E-state index contributed by atoms with van der Waals surface area (Å²) in [5.74, 6) is 1.25. The molecule has 0 bridgehead atoms. The first-order valence-corrected chi connectivity index (χ1v) is 11.6. The zero-order chi connectivity index (χ0) is 24.9. The summed E-state index contributed by atoms with van der Waals surface area (Å²) >= 11 is 0. The molecular weight excluding hydrogens is 458 g/mol. The molecule has 1 aromatic carbocycles. The van der Waals surface area contributed by atoms with E-state index < -0.39 is 0 Å². The van der Waals surface area contributed by atoms with Crippen LogP contribution < -0.4 is 15.2 Å². The van der Waals surface area contributed by atoms with Crippen molar-refractivity contribution in [2.45, 2.75) is 6.54 Å². The Labute approximate surface area is 207 Å². The van der Waals surface area contributed by atoms with Crippen LogP contribution in [0.4, 0.5) is 5.82 Å². The molecule has 1 saturated heterocycles. The molecule has 4 aromatic rings. The van der Waals surface area contributed by atoms with Crippen LogP contribution in [0, 0.1) is 0 Å². The van der Waals surface area contributed by atoms with Crippen molar-refractivity contribution in [3.63, 3.8) is 0 Å². The van der Waals surface area contributed by atoms with Gasteiger partial charge in [0.05, 0.1) is 18.5 Å². The zero-order valence-corrected chi connectivity index (χ0v) is 19.8. The normalized spacial score (nSPS) is 13.5. The lowest BCUT2D eigenvalue weighted by atomic mass is 10.1. The summed E-state index contributed by atoms with van der Waals surface area (Å²) in [6, 6.07) is 20.0. The number of pyridine rings is 1. The number of carbonyl (C=O) groups is 1. The van der Waals surface area contributed by atoms with Gasteiger partial charge in [0.15, 0.2) is 5.82 Å². The topological polar surface area (TPSA) is 106 Å². The highest BCUT2D eigenvalue weighted by Gasteiger charge is 2.23. The van der Waals surface area contributed by atoms with Gasteiger partial charge in [0.25, 0.3) is 5.56 Å². The Hall–Kier alpha value is -4.60. The minimum atomic E-state index is -0.330. The van der Waals surface area contributed by atoms with Gasteiger partial charge in [-0.1, -0.05) is 18.2 Å². The molecule has 1 amide bonds. The summed E-state index contributed by atoms with van der Waals surface area (Å²) in [6.07, 6.45) is 1.72. The second-order valence-corrected chi connectivity index (χ2v) is 8.27. The van der Waals surface area contributed by atoms with Gasteiger partial charge in [-0.15, -0.1) is 10.2 Å². The zero-order valence-electron chi connectivity index (χ0n) is 19.8. The van der Waals surface area contributed by atoms with Crippen molar-refractivity contribution in [1.82, 2.24) is 29.9 Å². The summed E-state index contributed by atoms with van der Waals surface area (Å²) in [7, 11) is 1.58. The van der Waals surface area contributed by atoms with Crippen molar-refractivity contribution >= 4 is 11.7 Å². The highest BCUT2D eigenvalue weighted by molar-refractivity contribution is 5.76. The number of carbonyl (C=O) groups excluding carboxylic acids is 1. The standard InChI is InChI=1S/C26H25N7O3/c1-36-23-8-3-2-6-19(23)20-10-12-25(34)33(30-20)18-26(35)32-16-14-31(15-17-32)24-11-9-22(28-29-24)21-7-4-5-13-27-21/h2-13H,14-18H2,1H3. The number of benzene rings is 1. The summed E-state index contributed by atoms with van der Waals surface area (Å²) < 4.78 is 6.61. The summed E-state index contributed by atoms with van der Waals surface area (Å²) in [5, 5.41) is 13.1. The minimum Gasteiger partial charge on any atom is -0.496 e. The molecule has 0 N–H and O–H groups in total. The molecule has 0 atom stereocenters. The van der Waals surface area contributed by atoms with Crippen molar-refractivity contribution in [3.05, 3.63) is 83.3 Å².